The van der Waals surface area contributed by atoms with E-state index in [-0.39, 0.29) is 35.2 Å². The Balaban J connectivity index is 0.00000264. The largest absolute Gasteiger partial charge is 0.496 e. The summed E-state index contributed by atoms with van der Waals surface area (Å²) in [7, 11) is -2.40. The third-order valence-electron chi connectivity index (χ3n) is 4.05. The number of halogens is 1. The summed E-state index contributed by atoms with van der Waals surface area (Å²) in [6.07, 6.45) is 3.30. The zero-order valence-corrected chi connectivity index (χ0v) is 14.5. The molecule has 5 N–H and O–H groups in total. The number of methoxy groups -OCH3 is 1. The van der Waals surface area contributed by atoms with Gasteiger partial charge in [0, 0.05) is 12.1 Å². The fourth-order valence-electron chi connectivity index (χ4n) is 2.79. The summed E-state index contributed by atoms with van der Waals surface area (Å²) < 4.78 is 32.8. The van der Waals surface area contributed by atoms with Crippen LogP contribution in [0.15, 0.2) is 23.1 Å². The third kappa shape index (κ3) is 4.14. The molecule has 1 saturated carbocycles. The molecule has 0 radical (unpaired) electrons. The number of carbonyl (C=O) groups is 1. The second-order valence-electron chi connectivity index (χ2n) is 5.52. The number of carbonyl (C=O) groups excluding carboxylic acids is 1. The molecule has 0 saturated heterocycles. The molecule has 0 bridgehead atoms. The first-order valence-corrected chi connectivity index (χ1v) is 8.54. The number of nitrogens with one attached hydrogen (secondary N) is 1. The van der Waals surface area contributed by atoms with Crippen LogP contribution in [0.25, 0.3) is 0 Å². The van der Waals surface area contributed by atoms with Gasteiger partial charge in [0.2, 0.25) is 10.0 Å². The van der Waals surface area contributed by atoms with Gasteiger partial charge in [0.15, 0.2) is 0 Å². The molecule has 0 spiro atoms. The van der Waals surface area contributed by atoms with E-state index < -0.39 is 21.5 Å². The van der Waals surface area contributed by atoms with E-state index in [2.05, 4.69) is 4.72 Å². The van der Waals surface area contributed by atoms with E-state index in [1.54, 1.807) is 0 Å². The van der Waals surface area contributed by atoms with Gasteiger partial charge in [-0.3, -0.25) is 4.79 Å². The first-order valence-electron chi connectivity index (χ1n) is 7.05. The molecule has 1 aliphatic carbocycles. The molecule has 0 atom stereocenters. The quantitative estimate of drug-likeness (QED) is 0.688. The number of rotatable bonds is 6. The van der Waals surface area contributed by atoms with Crippen molar-refractivity contribution < 1.29 is 17.9 Å². The molecule has 1 aromatic rings. The molecular formula is C14H22ClN3O4S. The van der Waals surface area contributed by atoms with Gasteiger partial charge in [-0.25, -0.2) is 13.1 Å². The number of primary amides is 1. The molecule has 1 aliphatic rings. The van der Waals surface area contributed by atoms with Gasteiger partial charge in [-0.05, 0) is 31.0 Å². The van der Waals surface area contributed by atoms with E-state index >= 15 is 0 Å². The highest BCUT2D eigenvalue weighted by Gasteiger charge is 2.37. The summed E-state index contributed by atoms with van der Waals surface area (Å²) in [5, 5.41) is 0. The molecule has 23 heavy (non-hydrogen) atoms. The minimum Gasteiger partial charge on any atom is -0.496 e. The van der Waals surface area contributed by atoms with Crippen molar-refractivity contribution in [1.82, 2.24) is 4.72 Å². The van der Waals surface area contributed by atoms with Crippen LogP contribution in [0.5, 0.6) is 5.75 Å². The number of ether oxygens (including phenoxy) is 1. The highest BCUT2D eigenvalue weighted by atomic mass is 35.5. The number of hydrogen-bond donors (Lipinski definition) is 3. The summed E-state index contributed by atoms with van der Waals surface area (Å²) in [5.41, 5.74) is 10.4. The molecule has 0 unspecified atom stereocenters. The van der Waals surface area contributed by atoms with Gasteiger partial charge in [0.1, 0.15) is 5.75 Å². The maximum atomic E-state index is 12.6. The van der Waals surface area contributed by atoms with Crippen LogP contribution in [0.1, 0.15) is 36.0 Å². The van der Waals surface area contributed by atoms with Crippen molar-refractivity contribution in [2.24, 2.45) is 11.5 Å². The summed E-state index contributed by atoms with van der Waals surface area (Å²) >= 11 is 0. The van der Waals surface area contributed by atoms with Crippen LogP contribution in [0.3, 0.4) is 0 Å². The fourth-order valence-corrected chi connectivity index (χ4v) is 4.29. The minimum absolute atomic E-state index is 0. The Labute approximate surface area is 142 Å². The smallest absolute Gasteiger partial charge is 0.252 e. The van der Waals surface area contributed by atoms with Gasteiger partial charge in [0.05, 0.1) is 17.6 Å². The van der Waals surface area contributed by atoms with Gasteiger partial charge in [-0.1, -0.05) is 12.8 Å². The maximum Gasteiger partial charge on any atom is 0.252 e. The van der Waals surface area contributed by atoms with Gasteiger partial charge in [-0.15, -0.1) is 12.4 Å². The topological polar surface area (TPSA) is 125 Å². The monoisotopic (exact) mass is 363 g/mol. The SMILES string of the molecule is COc1ccc(S(=O)(=O)NC2(CN)CCCC2)cc1C(N)=O.Cl. The van der Waals surface area contributed by atoms with E-state index in [9.17, 15) is 13.2 Å². The van der Waals surface area contributed by atoms with Crippen molar-refractivity contribution >= 4 is 28.3 Å². The first kappa shape index (κ1) is 19.7. The molecule has 1 amide bonds. The molecule has 2 rings (SSSR count). The first-order chi connectivity index (χ1) is 10.3. The molecule has 7 nitrogen and oxygen atoms in total. The lowest BCUT2D eigenvalue weighted by Crippen LogP contribution is -2.51. The number of sulfonamides is 1. The van der Waals surface area contributed by atoms with Crippen molar-refractivity contribution in [1.29, 1.82) is 0 Å². The number of benzene rings is 1. The molecule has 1 fully saturated rings. The summed E-state index contributed by atoms with van der Waals surface area (Å²) in [5.74, 6) is -0.510. The molecule has 9 heteroatoms. The Morgan fingerprint density at radius 2 is 1.96 bits per heavy atom. The predicted octanol–water partition coefficient (Wildman–Crippen LogP) is 0.766. The Morgan fingerprint density at radius 3 is 2.43 bits per heavy atom. The van der Waals surface area contributed by atoms with Gasteiger partial charge >= 0.3 is 0 Å². The average Bonchev–Trinajstić information content (AvgIpc) is 2.94. The minimum atomic E-state index is -3.79. The standard InChI is InChI=1S/C14H21N3O4S.ClH/c1-21-12-5-4-10(8-11(12)13(16)18)22(19,20)17-14(9-15)6-2-3-7-14;/h4-5,8,17H,2-3,6-7,9,15H2,1H3,(H2,16,18);1H. The molecule has 1 aromatic carbocycles. The van der Waals surface area contributed by atoms with Crippen LogP contribution < -0.4 is 20.9 Å². The highest BCUT2D eigenvalue weighted by molar-refractivity contribution is 7.89. The Bertz CT molecular complexity index is 673. The lowest BCUT2D eigenvalue weighted by molar-refractivity contribution is 0.0997. The normalized spacial score (nSPS) is 16.6. The van der Waals surface area contributed by atoms with Gasteiger partial charge in [0.25, 0.3) is 5.91 Å². The van der Waals surface area contributed by atoms with Crippen LogP contribution in [0, 0.1) is 0 Å². The Hall–Kier alpha value is -1.35. The van der Waals surface area contributed by atoms with E-state index in [0.29, 0.717) is 12.8 Å². The number of amides is 1. The summed E-state index contributed by atoms with van der Waals surface area (Å²) in [6.45, 7) is 0.241. The summed E-state index contributed by atoms with van der Waals surface area (Å²) in [4.78, 5) is 11.4. The van der Waals surface area contributed by atoms with Crippen molar-refractivity contribution in [3.05, 3.63) is 23.8 Å². The second kappa shape index (κ2) is 7.48. The molecular weight excluding hydrogens is 342 g/mol. The van der Waals surface area contributed by atoms with Crippen LogP contribution in [-0.2, 0) is 10.0 Å². The van der Waals surface area contributed by atoms with Crippen LogP contribution in [0.2, 0.25) is 0 Å². The maximum absolute atomic E-state index is 12.6. The van der Waals surface area contributed by atoms with Crippen molar-refractivity contribution in [2.75, 3.05) is 13.7 Å². The van der Waals surface area contributed by atoms with E-state index in [0.717, 1.165) is 12.8 Å². The predicted molar refractivity (Wildman–Crippen MR) is 89.3 cm³/mol. The van der Waals surface area contributed by atoms with Crippen molar-refractivity contribution in [3.63, 3.8) is 0 Å². The molecule has 0 heterocycles. The van der Waals surface area contributed by atoms with E-state index in [1.165, 1.54) is 25.3 Å². The van der Waals surface area contributed by atoms with Crippen LogP contribution in [-0.4, -0.2) is 33.5 Å². The van der Waals surface area contributed by atoms with Crippen LogP contribution >= 0.6 is 12.4 Å². The highest BCUT2D eigenvalue weighted by Crippen LogP contribution is 2.31. The van der Waals surface area contributed by atoms with E-state index in [4.69, 9.17) is 16.2 Å². The third-order valence-corrected chi connectivity index (χ3v) is 5.63. The van der Waals surface area contributed by atoms with Crippen molar-refractivity contribution in [2.45, 2.75) is 36.1 Å². The Kier molecular flexibility index (Phi) is 6.41. The average molecular weight is 364 g/mol. The second-order valence-corrected chi connectivity index (χ2v) is 7.21. The van der Waals surface area contributed by atoms with Gasteiger partial charge in [-0.2, -0.15) is 0 Å². The fraction of sp³-hybridized carbons (Fsp3) is 0.500. The number of hydrogen-bond acceptors (Lipinski definition) is 5. The van der Waals surface area contributed by atoms with Crippen LogP contribution in [0.4, 0.5) is 0 Å². The lowest BCUT2D eigenvalue weighted by Gasteiger charge is -2.28. The van der Waals surface area contributed by atoms with Crippen molar-refractivity contribution in [3.8, 4) is 5.75 Å². The van der Waals surface area contributed by atoms with E-state index in [1.807, 2.05) is 0 Å². The Morgan fingerprint density at radius 1 is 1.35 bits per heavy atom. The molecule has 0 aromatic heterocycles. The van der Waals surface area contributed by atoms with Gasteiger partial charge < -0.3 is 16.2 Å². The molecule has 0 aliphatic heterocycles. The summed E-state index contributed by atoms with van der Waals surface area (Å²) in [6, 6.07) is 4.02. The zero-order chi connectivity index (χ0) is 16.4. The number of nitrogens with two attached hydrogens (primary N) is 2. The molecule has 130 valence electrons. The lowest BCUT2D eigenvalue weighted by atomic mass is 10.0. The zero-order valence-electron chi connectivity index (χ0n) is 12.9.